The predicted octanol–water partition coefficient (Wildman–Crippen LogP) is 3.53. The second-order valence-electron chi connectivity index (χ2n) is 7.27. The lowest BCUT2D eigenvalue weighted by Gasteiger charge is -2.32. The maximum absolute atomic E-state index is 12.8. The fourth-order valence-electron chi connectivity index (χ4n) is 3.75. The number of hydrogen-bond acceptors (Lipinski definition) is 3. The first kappa shape index (κ1) is 18.2. The molecule has 2 heterocycles. The van der Waals surface area contributed by atoms with Crippen molar-refractivity contribution in [3.05, 3.63) is 88.3 Å². The van der Waals surface area contributed by atoms with E-state index in [1.54, 1.807) is 4.90 Å². The van der Waals surface area contributed by atoms with Crippen molar-refractivity contribution in [2.45, 2.75) is 19.3 Å². The monoisotopic (exact) mass is 373 g/mol. The van der Waals surface area contributed by atoms with Gasteiger partial charge in [0.25, 0.3) is 11.5 Å². The van der Waals surface area contributed by atoms with E-state index >= 15 is 0 Å². The first-order chi connectivity index (χ1) is 13.7. The highest BCUT2D eigenvalue weighted by Gasteiger charge is 2.25. The minimum Gasteiger partial charge on any atom is -0.338 e. The number of likely N-dealkylation sites (tertiary alicyclic amines) is 1. The summed E-state index contributed by atoms with van der Waals surface area (Å²) in [4.78, 5) is 34.1. The first-order valence-electron chi connectivity index (χ1n) is 9.68. The SMILES string of the molecule is O=C(c1cnc(-c2ccccc2)[nH]c1=O)N1CCC(Cc2ccccc2)CC1. The van der Waals surface area contributed by atoms with Crippen molar-refractivity contribution in [3.63, 3.8) is 0 Å². The van der Waals surface area contributed by atoms with Crippen molar-refractivity contribution >= 4 is 5.91 Å². The quantitative estimate of drug-likeness (QED) is 0.761. The third-order valence-corrected chi connectivity index (χ3v) is 5.35. The summed E-state index contributed by atoms with van der Waals surface area (Å²) in [5.41, 5.74) is 1.89. The summed E-state index contributed by atoms with van der Waals surface area (Å²) in [5.74, 6) is 0.818. The van der Waals surface area contributed by atoms with Gasteiger partial charge < -0.3 is 9.88 Å². The van der Waals surface area contributed by atoms with Crippen LogP contribution in [0, 0.1) is 5.92 Å². The van der Waals surface area contributed by atoms with Gasteiger partial charge in [-0.2, -0.15) is 0 Å². The van der Waals surface area contributed by atoms with E-state index in [1.165, 1.54) is 11.8 Å². The van der Waals surface area contributed by atoms with E-state index in [-0.39, 0.29) is 17.0 Å². The summed E-state index contributed by atoms with van der Waals surface area (Å²) in [6.07, 6.45) is 4.35. The summed E-state index contributed by atoms with van der Waals surface area (Å²) in [5, 5.41) is 0. The lowest BCUT2D eigenvalue weighted by atomic mass is 9.90. The minimum atomic E-state index is -0.384. The van der Waals surface area contributed by atoms with Crippen molar-refractivity contribution in [1.82, 2.24) is 14.9 Å². The Labute approximate surface area is 164 Å². The number of rotatable bonds is 4. The molecule has 5 nitrogen and oxygen atoms in total. The second kappa shape index (κ2) is 8.21. The molecule has 1 aliphatic heterocycles. The molecule has 5 heteroatoms. The molecular weight excluding hydrogens is 350 g/mol. The molecule has 1 N–H and O–H groups in total. The summed E-state index contributed by atoms with van der Waals surface area (Å²) in [6.45, 7) is 1.35. The summed E-state index contributed by atoms with van der Waals surface area (Å²) >= 11 is 0. The summed E-state index contributed by atoms with van der Waals surface area (Å²) < 4.78 is 0. The summed E-state index contributed by atoms with van der Waals surface area (Å²) in [6, 6.07) is 19.9. The van der Waals surface area contributed by atoms with Crippen LogP contribution in [0.5, 0.6) is 0 Å². The van der Waals surface area contributed by atoms with E-state index in [0.717, 1.165) is 24.8 Å². The Morgan fingerprint density at radius 1 is 1.00 bits per heavy atom. The van der Waals surface area contributed by atoms with Crippen LogP contribution in [0.25, 0.3) is 11.4 Å². The average Bonchev–Trinajstić information content (AvgIpc) is 2.75. The van der Waals surface area contributed by atoms with Gasteiger partial charge >= 0.3 is 0 Å². The molecule has 1 saturated heterocycles. The molecule has 2 aromatic carbocycles. The molecule has 0 bridgehead atoms. The largest absolute Gasteiger partial charge is 0.338 e. The number of nitrogens with zero attached hydrogens (tertiary/aromatic N) is 2. The van der Waals surface area contributed by atoms with Crippen LogP contribution in [-0.2, 0) is 6.42 Å². The van der Waals surface area contributed by atoms with E-state index in [4.69, 9.17) is 0 Å². The van der Waals surface area contributed by atoms with Gasteiger partial charge in [-0.25, -0.2) is 4.98 Å². The van der Waals surface area contributed by atoms with Gasteiger partial charge in [-0.05, 0) is 30.7 Å². The number of piperidine rings is 1. The van der Waals surface area contributed by atoms with Gasteiger partial charge in [0.15, 0.2) is 0 Å². The molecule has 0 atom stereocenters. The van der Waals surface area contributed by atoms with Crippen LogP contribution in [-0.4, -0.2) is 33.9 Å². The van der Waals surface area contributed by atoms with Crippen LogP contribution in [0.15, 0.2) is 71.7 Å². The Morgan fingerprint density at radius 3 is 2.29 bits per heavy atom. The number of benzene rings is 2. The van der Waals surface area contributed by atoms with Gasteiger partial charge in [0.2, 0.25) is 0 Å². The number of nitrogens with one attached hydrogen (secondary N) is 1. The fourth-order valence-corrected chi connectivity index (χ4v) is 3.75. The Morgan fingerprint density at radius 2 is 1.64 bits per heavy atom. The molecule has 4 rings (SSSR count). The number of hydrogen-bond donors (Lipinski definition) is 1. The van der Waals surface area contributed by atoms with Crippen molar-refractivity contribution in [3.8, 4) is 11.4 Å². The maximum Gasteiger partial charge on any atom is 0.264 e. The molecule has 1 aromatic heterocycles. The van der Waals surface area contributed by atoms with Gasteiger partial charge in [0, 0.05) is 24.8 Å². The zero-order chi connectivity index (χ0) is 19.3. The first-order valence-corrected chi connectivity index (χ1v) is 9.68. The zero-order valence-corrected chi connectivity index (χ0v) is 15.7. The highest BCUT2D eigenvalue weighted by molar-refractivity contribution is 5.93. The van der Waals surface area contributed by atoms with E-state index in [9.17, 15) is 9.59 Å². The van der Waals surface area contributed by atoms with Crippen molar-refractivity contribution in [2.24, 2.45) is 5.92 Å². The number of aromatic amines is 1. The Balaban J connectivity index is 1.41. The van der Waals surface area contributed by atoms with E-state index in [2.05, 4.69) is 34.2 Å². The number of carbonyl (C=O) groups is 1. The highest BCUT2D eigenvalue weighted by Crippen LogP contribution is 2.22. The molecule has 142 valence electrons. The second-order valence-corrected chi connectivity index (χ2v) is 7.27. The highest BCUT2D eigenvalue weighted by atomic mass is 16.2. The number of H-pyrrole nitrogens is 1. The molecule has 3 aromatic rings. The maximum atomic E-state index is 12.8. The number of amides is 1. The fraction of sp³-hybridized carbons (Fsp3) is 0.261. The topological polar surface area (TPSA) is 66.1 Å². The van der Waals surface area contributed by atoms with Crippen LogP contribution in [0.4, 0.5) is 0 Å². The van der Waals surface area contributed by atoms with Crippen LogP contribution in [0.3, 0.4) is 0 Å². The van der Waals surface area contributed by atoms with Crippen LogP contribution in [0.2, 0.25) is 0 Å². The lowest BCUT2D eigenvalue weighted by Crippen LogP contribution is -2.41. The van der Waals surface area contributed by atoms with Crippen LogP contribution in [0.1, 0.15) is 28.8 Å². The molecular formula is C23H23N3O2. The third-order valence-electron chi connectivity index (χ3n) is 5.35. The zero-order valence-electron chi connectivity index (χ0n) is 15.7. The molecule has 0 radical (unpaired) electrons. The van der Waals surface area contributed by atoms with Crippen molar-refractivity contribution in [2.75, 3.05) is 13.1 Å². The normalized spacial score (nSPS) is 14.8. The molecule has 0 spiro atoms. The van der Waals surface area contributed by atoms with Crippen LogP contribution >= 0.6 is 0 Å². The molecule has 1 fully saturated rings. The van der Waals surface area contributed by atoms with E-state index in [0.29, 0.717) is 24.8 Å². The standard InChI is InChI=1S/C23H23N3O2/c27-22-20(16-24-21(25-22)19-9-5-2-6-10-19)23(28)26-13-11-18(12-14-26)15-17-7-3-1-4-8-17/h1-10,16,18H,11-15H2,(H,24,25,27). The lowest BCUT2D eigenvalue weighted by molar-refractivity contribution is 0.0688. The van der Waals surface area contributed by atoms with E-state index < -0.39 is 0 Å². The number of carbonyl (C=O) groups excluding carboxylic acids is 1. The molecule has 0 unspecified atom stereocenters. The molecule has 0 aliphatic carbocycles. The van der Waals surface area contributed by atoms with Gasteiger partial charge in [-0.15, -0.1) is 0 Å². The van der Waals surface area contributed by atoms with Crippen molar-refractivity contribution < 1.29 is 4.79 Å². The van der Waals surface area contributed by atoms with Gasteiger partial charge in [-0.3, -0.25) is 9.59 Å². The predicted molar refractivity (Wildman–Crippen MR) is 109 cm³/mol. The average molecular weight is 373 g/mol. The van der Waals surface area contributed by atoms with Gasteiger partial charge in [-0.1, -0.05) is 60.7 Å². The molecule has 0 saturated carbocycles. The minimum absolute atomic E-state index is 0.112. The Hall–Kier alpha value is -3.21. The van der Waals surface area contributed by atoms with Gasteiger partial charge in [0.05, 0.1) is 0 Å². The molecule has 1 aliphatic rings. The number of aromatic nitrogens is 2. The molecule has 1 amide bonds. The summed E-state index contributed by atoms with van der Waals surface area (Å²) in [7, 11) is 0. The van der Waals surface area contributed by atoms with E-state index in [1.807, 2.05) is 36.4 Å². The third kappa shape index (κ3) is 4.03. The Kier molecular flexibility index (Phi) is 5.33. The van der Waals surface area contributed by atoms with Gasteiger partial charge in [0.1, 0.15) is 11.4 Å². The smallest absolute Gasteiger partial charge is 0.264 e. The Bertz CT molecular complexity index is 991. The molecule has 28 heavy (non-hydrogen) atoms. The van der Waals surface area contributed by atoms with Crippen molar-refractivity contribution in [1.29, 1.82) is 0 Å². The van der Waals surface area contributed by atoms with Crippen LogP contribution < -0.4 is 5.56 Å².